The standard InChI is InChI=1S/C28H31FN6O4S/c1-28(2,3)39-27(37)35-17-6-7-18(35)14-34(13-17)21-9-8-19(23-24(21)40-26(31-23)38-5)25(36)30-16-10-15-12-33(4)32-22(15)20(29)11-16/h8-12,17-18H,6-7,13-14H2,1-5H3,(H,30,36). The normalized spacial score (nSPS) is 18.9. The Bertz CT molecular complexity index is 1630. The number of benzene rings is 2. The second-order valence-corrected chi connectivity index (χ2v) is 12.3. The monoisotopic (exact) mass is 566 g/mol. The highest BCUT2D eigenvalue weighted by atomic mass is 32.1. The van der Waals surface area contributed by atoms with Gasteiger partial charge in [-0.3, -0.25) is 14.4 Å². The van der Waals surface area contributed by atoms with E-state index in [-0.39, 0.29) is 23.7 Å². The first kappa shape index (κ1) is 26.3. The Balaban J connectivity index is 1.29. The molecule has 2 aliphatic heterocycles. The molecule has 2 amide bonds. The van der Waals surface area contributed by atoms with Gasteiger partial charge in [0.1, 0.15) is 16.6 Å². The van der Waals surface area contributed by atoms with Crippen LogP contribution in [0.5, 0.6) is 5.19 Å². The van der Waals surface area contributed by atoms with Crippen LogP contribution >= 0.6 is 11.3 Å². The fourth-order valence-electron chi connectivity index (χ4n) is 5.69. The SMILES string of the molecule is COc1nc2c(C(=O)Nc3cc(F)c4nn(C)cc4c3)ccc(N3CC4CCC(C3)N4C(=O)OC(C)(C)C)c2s1. The second kappa shape index (κ2) is 9.61. The van der Waals surface area contributed by atoms with Gasteiger partial charge in [0.25, 0.3) is 11.1 Å². The van der Waals surface area contributed by atoms with E-state index in [2.05, 4.69) is 20.3 Å². The van der Waals surface area contributed by atoms with Gasteiger partial charge < -0.3 is 19.7 Å². The van der Waals surface area contributed by atoms with E-state index < -0.39 is 17.3 Å². The molecule has 2 saturated heterocycles. The summed E-state index contributed by atoms with van der Waals surface area (Å²) in [5.41, 5.74) is 1.85. The van der Waals surface area contributed by atoms with Gasteiger partial charge in [0.15, 0.2) is 5.82 Å². The van der Waals surface area contributed by atoms with Crippen LogP contribution in [0.25, 0.3) is 21.1 Å². The van der Waals surface area contributed by atoms with Crippen molar-refractivity contribution in [2.45, 2.75) is 51.3 Å². The molecule has 2 fully saturated rings. The van der Waals surface area contributed by atoms with Gasteiger partial charge >= 0.3 is 6.09 Å². The number of methoxy groups -OCH3 is 1. The summed E-state index contributed by atoms with van der Waals surface area (Å²) in [6, 6.07) is 6.70. The van der Waals surface area contributed by atoms with Crippen LogP contribution in [0.15, 0.2) is 30.5 Å². The van der Waals surface area contributed by atoms with E-state index >= 15 is 0 Å². The summed E-state index contributed by atoms with van der Waals surface area (Å²) < 4.78 is 28.1. The third-order valence-electron chi connectivity index (χ3n) is 7.28. The number of anilines is 2. The molecule has 2 aliphatic rings. The molecule has 2 aromatic heterocycles. The molecule has 0 spiro atoms. The molecule has 2 bridgehead atoms. The molecule has 0 radical (unpaired) electrons. The zero-order valence-corrected chi connectivity index (χ0v) is 23.8. The predicted octanol–water partition coefficient (Wildman–Crippen LogP) is 5.17. The number of thiazole rings is 1. The lowest BCUT2D eigenvalue weighted by molar-refractivity contribution is 0.0123. The van der Waals surface area contributed by atoms with Crippen molar-refractivity contribution >= 4 is 55.8 Å². The third-order valence-corrected chi connectivity index (χ3v) is 8.32. The lowest BCUT2D eigenvalue weighted by Crippen LogP contribution is -2.56. The van der Waals surface area contributed by atoms with Gasteiger partial charge in [-0.25, -0.2) is 14.2 Å². The van der Waals surface area contributed by atoms with Crippen LogP contribution in [-0.2, 0) is 11.8 Å². The highest BCUT2D eigenvalue weighted by molar-refractivity contribution is 7.21. The van der Waals surface area contributed by atoms with E-state index in [9.17, 15) is 14.0 Å². The molecule has 2 unspecified atom stereocenters. The van der Waals surface area contributed by atoms with Gasteiger partial charge in [-0.15, -0.1) is 0 Å². The van der Waals surface area contributed by atoms with Gasteiger partial charge in [-0.1, -0.05) is 11.3 Å². The van der Waals surface area contributed by atoms with Gasteiger partial charge in [0.2, 0.25) is 0 Å². The van der Waals surface area contributed by atoms with E-state index in [1.807, 2.05) is 31.7 Å². The number of ether oxygens (including phenoxy) is 2. The zero-order chi connectivity index (χ0) is 28.3. The number of piperazine rings is 1. The van der Waals surface area contributed by atoms with E-state index in [0.29, 0.717) is 40.4 Å². The van der Waals surface area contributed by atoms with Crippen LogP contribution in [0.1, 0.15) is 44.0 Å². The number of nitrogens with zero attached hydrogens (tertiary/aromatic N) is 5. The highest BCUT2D eigenvalue weighted by Gasteiger charge is 2.44. The van der Waals surface area contributed by atoms with E-state index in [1.54, 1.807) is 32.5 Å². The minimum Gasteiger partial charge on any atom is -0.473 e. The summed E-state index contributed by atoms with van der Waals surface area (Å²) in [4.78, 5) is 35.1. The number of hydrogen-bond donors (Lipinski definition) is 1. The van der Waals surface area contributed by atoms with Crippen molar-refractivity contribution in [1.29, 1.82) is 0 Å². The maximum absolute atomic E-state index is 14.6. The summed E-state index contributed by atoms with van der Waals surface area (Å²) in [6.45, 7) is 6.94. The topological polar surface area (TPSA) is 102 Å². The second-order valence-electron chi connectivity index (χ2n) is 11.3. The number of rotatable bonds is 4. The van der Waals surface area contributed by atoms with Crippen LogP contribution in [-0.4, -0.2) is 69.5 Å². The Hall–Kier alpha value is -3.93. The summed E-state index contributed by atoms with van der Waals surface area (Å²) in [5, 5.41) is 7.96. The summed E-state index contributed by atoms with van der Waals surface area (Å²) in [7, 11) is 3.26. The number of carbonyl (C=O) groups excluding carboxylic acids is 2. The molecular weight excluding hydrogens is 535 g/mol. The van der Waals surface area contributed by atoms with E-state index in [4.69, 9.17) is 9.47 Å². The molecule has 0 aliphatic carbocycles. The van der Waals surface area contributed by atoms with Crippen LogP contribution in [0.2, 0.25) is 0 Å². The van der Waals surface area contributed by atoms with Crippen molar-refractivity contribution < 1.29 is 23.5 Å². The number of halogens is 1. The first-order chi connectivity index (χ1) is 19.0. The average molecular weight is 567 g/mol. The van der Waals surface area contributed by atoms with Gasteiger partial charge in [0.05, 0.1) is 35.1 Å². The average Bonchev–Trinajstić information content (AvgIpc) is 3.55. The maximum atomic E-state index is 14.6. The summed E-state index contributed by atoms with van der Waals surface area (Å²) in [6.07, 6.45) is 3.25. The highest BCUT2D eigenvalue weighted by Crippen LogP contribution is 2.41. The Labute approximate surface area is 234 Å². The number of carbonyl (C=O) groups is 2. The lowest BCUT2D eigenvalue weighted by atomic mass is 10.1. The first-order valence-corrected chi connectivity index (χ1v) is 14.0. The quantitative estimate of drug-likeness (QED) is 0.364. The number of aryl methyl sites for hydroxylation is 1. The van der Waals surface area contributed by atoms with Crippen molar-refractivity contribution in [2.75, 3.05) is 30.4 Å². The molecule has 0 saturated carbocycles. The van der Waals surface area contributed by atoms with Gasteiger partial charge in [-0.2, -0.15) is 5.10 Å². The fourth-order valence-corrected chi connectivity index (χ4v) is 6.64. The predicted molar refractivity (Wildman–Crippen MR) is 152 cm³/mol. The number of hydrogen-bond acceptors (Lipinski definition) is 8. The summed E-state index contributed by atoms with van der Waals surface area (Å²) >= 11 is 1.37. The molecule has 4 aromatic rings. The first-order valence-electron chi connectivity index (χ1n) is 13.2. The molecule has 10 nitrogen and oxygen atoms in total. The summed E-state index contributed by atoms with van der Waals surface area (Å²) in [5.74, 6) is -0.911. The minimum absolute atomic E-state index is 0.0405. The minimum atomic E-state index is -0.551. The molecule has 1 N–H and O–H groups in total. The Morgan fingerprint density at radius 3 is 2.52 bits per heavy atom. The van der Waals surface area contributed by atoms with Crippen LogP contribution in [0.4, 0.5) is 20.6 Å². The lowest BCUT2D eigenvalue weighted by Gasteiger charge is -2.42. The molecule has 2 aromatic carbocycles. The molecule has 4 heterocycles. The molecule has 6 rings (SSSR count). The van der Waals surface area contributed by atoms with Gasteiger partial charge in [0, 0.05) is 37.4 Å². The number of nitrogens with one attached hydrogen (secondary N) is 1. The Morgan fingerprint density at radius 2 is 1.85 bits per heavy atom. The van der Waals surface area contributed by atoms with Crippen molar-refractivity contribution in [3.63, 3.8) is 0 Å². The van der Waals surface area contributed by atoms with Crippen molar-refractivity contribution in [3.8, 4) is 5.19 Å². The van der Waals surface area contributed by atoms with Crippen molar-refractivity contribution in [1.82, 2.24) is 19.7 Å². The van der Waals surface area contributed by atoms with Crippen LogP contribution < -0.4 is 15.0 Å². The Kier molecular flexibility index (Phi) is 6.32. The Morgan fingerprint density at radius 1 is 1.12 bits per heavy atom. The molecule has 12 heteroatoms. The van der Waals surface area contributed by atoms with E-state index in [1.165, 1.54) is 22.1 Å². The molecule has 2 atom stereocenters. The molecular formula is C28H31FN6O4S. The van der Waals surface area contributed by atoms with Crippen LogP contribution in [0.3, 0.4) is 0 Å². The number of fused-ring (bicyclic) bond motifs is 4. The van der Waals surface area contributed by atoms with Gasteiger partial charge in [-0.05, 0) is 57.9 Å². The molecule has 210 valence electrons. The number of amides is 2. The van der Waals surface area contributed by atoms with Crippen molar-refractivity contribution in [3.05, 3.63) is 41.8 Å². The fraction of sp³-hybridized carbons (Fsp3) is 0.429. The van der Waals surface area contributed by atoms with Crippen molar-refractivity contribution in [2.24, 2.45) is 7.05 Å². The molecule has 40 heavy (non-hydrogen) atoms. The maximum Gasteiger partial charge on any atom is 0.410 e. The smallest absolute Gasteiger partial charge is 0.410 e. The van der Waals surface area contributed by atoms with E-state index in [0.717, 1.165) is 23.2 Å². The number of aromatic nitrogens is 3. The zero-order valence-electron chi connectivity index (χ0n) is 23.0. The van der Waals surface area contributed by atoms with Crippen LogP contribution in [0, 0.1) is 5.82 Å². The third kappa shape index (κ3) is 4.70. The largest absolute Gasteiger partial charge is 0.473 e.